The van der Waals surface area contributed by atoms with E-state index in [1.165, 1.54) is 25.7 Å². The lowest BCUT2D eigenvalue weighted by Gasteiger charge is -2.32. The number of carboxylic acids is 1. The van der Waals surface area contributed by atoms with Crippen LogP contribution in [0, 0.1) is 5.41 Å². The van der Waals surface area contributed by atoms with Crippen LogP contribution in [0.3, 0.4) is 0 Å². The number of ether oxygens (including phenoxy) is 1. The molecule has 0 aromatic carbocycles. The van der Waals surface area contributed by atoms with E-state index in [-0.39, 0.29) is 0 Å². The van der Waals surface area contributed by atoms with Gasteiger partial charge >= 0.3 is 5.97 Å². The summed E-state index contributed by atoms with van der Waals surface area (Å²) in [6.07, 6.45) is 5.65. The van der Waals surface area contributed by atoms with Gasteiger partial charge in [-0.2, -0.15) is 0 Å². The molecule has 1 atom stereocenters. The molecule has 0 spiro atoms. The van der Waals surface area contributed by atoms with Crippen molar-refractivity contribution in [3.63, 3.8) is 0 Å². The third-order valence-corrected chi connectivity index (χ3v) is 4.06. The Labute approximate surface area is 96.6 Å². The first-order valence-electron chi connectivity index (χ1n) is 6.15. The van der Waals surface area contributed by atoms with Crippen LogP contribution in [-0.2, 0) is 9.53 Å². The van der Waals surface area contributed by atoms with Crippen LogP contribution in [0.4, 0.5) is 0 Å². The minimum absolute atomic E-state index is 0.374. The molecule has 4 heteroatoms. The molecular formula is C12H21NO3. The van der Waals surface area contributed by atoms with Crippen LogP contribution in [0.2, 0.25) is 0 Å². The quantitative estimate of drug-likeness (QED) is 0.787. The molecule has 0 aromatic rings. The van der Waals surface area contributed by atoms with E-state index < -0.39 is 11.4 Å². The van der Waals surface area contributed by atoms with Crippen molar-refractivity contribution in [2.45, 2.75) is 38.1 Å². The molecule has 1 aliphatic carbocycles. The van der Waals surface area contributed by atoms with Crippen LogP contribution in [-0.4, -0.2) is 48.8 Å². The molecule has 1 heterocycles. The van der Waals surface area contributed by atoms with E-state index >= 15 is 0 Å². The van der Waals surface area contributed by atoms with E-state index in [2.05, 4.69) is 11.9 Å². The largest absolute Gasteiger partial charge is 0.481 e. The van der Waals surface area contributed by atoms with Crippen molar-refractivity contribution in [1.29, 1.82) is 0 Å². The van der Waals surface area contributed by atoms with Gasteiger partial charge in [0.15, 0.2) is 0 Å². The zero-order chi connectivity index (χ0) is 11.6. The third-order valence-electron chi connectivity index (χ3n) is 4.06. The number of carboxylic acid groups (broad SMARTS) is 1. The average molecular weight is 227 g/mol. The molecule has 0 bridgehead atoms. The highest BCUT2D eigenvalue weighted by Crippen LogP contribution is 2.32. The fourth-order valence-electron chi connectivity index (χ4n) is 2.92. The SMILES string of the molecule is CN(CC1(C(=O)O)CCOC1)C1CCCC1. The number of nitrogens with zero attached hydrogens (tertiary/aromatic N) is 1. The topological polar surface area (TPSA) is 49.8 Å². The monoisotopic (exact) mass is 227 g/mol. The molecule has 1 saturated carbocycles. The van der Waals surface area contributed by atoms with E-state index in [9.17, 15) is 9.90 Å². The molecule has 0 amide bonds. The van der Waals surface area contributed by atoms with Crippen molar-refractivity contribution in [1.82, 2.24) is 4.90 Å². The second-order valence-corrected chi connectivity index (χ2v) is 5.24. The normalized spacial score (nSPS) is 31.4. The van der Waals surface area contributed by atoms with Gasteiger partial charge in [0, 0.05) is 19.2 Å². The second-order valence-electron chi connectivity index (χ2n) is 5.24. The lowest BCUT2D eigenvalue weighted by atomic mass is 9.86. The summed E-state index contributed by atoms with van der Waals surface area (Å²) >= 11 is 0. The van der Waals surface area contributed by atoms with Crippen molar-refractivity contribution >= 4 is 5.97 Å². The Kier molecular flexibility index (Phi) is 3.50. The Morgan fingerprint density at radius 2 is 2.19 bits per heavy atom. The maximum absolute atomic E-state index is 11.4. The van der Waals surface area contributed by atoms with E-state index in [4.69, 9.17) is 4.74 Å². The first kappa shape index (κ1) is 11.9. The van der Waals surface area contributed by atoms with Crippen molar-refractivity contribution in [2.75, 3.05) is 26.8 Å². The molecule has 1 unspecified atom stereocenters. The summed E-state index contributed by atoms with van der Waals surface area (Å²) in [5, 5.41) is 9.35. The van der Waals surface area contributed by atoms with Crippen LogP contribution in [0.1, 0.15) is 32.1 Å². The van der Waals surface area contributed by atoms with E-state index in [0.717, 1.165) is 0 Å². The Bertz CT molecular complexity index is 255. The summed E-state index contributed by atoms with van der Waals surface area (Å²) < 4.78 is 5.28. The van der Waals surface area contributed by atoms with Gasteiger partial charge in [-0.25, -0.2) is 0 Å². The lowest BCUT2D eigenvalue weighted by Crippen LogP contribution is -2.45. The van der Waals surface area contributed by atoms with E-state index in [0.29, 0.717) is 32.2 Å². The molecular weight excluding hydrogens is 206 g/mol. The molecule has 16 heavy (non-hydrogen) atoms. The molecule has 2 rings (SSSR count). The van der Waals surface area contributed by atoms with E-state index in [1.54, 1.807) is 0 Å². The maximum Gasteiger partial charge on any atom is 0.313 e. The molecule has 0 radical (unpaired) electrons. The third kappa shape index (κ3) is 2.23. The predicted octanol–water partition coefficient (Wildman–Crippen LogP) is 1.35. The fourth-order valence-corrected chi connectivity index (χ4v) is 2.92. The summed E-state index contributed by atoms with van der Waals surface area (Å²) in [4.78, 5) is 13.6. The Morgan fingerprint density at radius 3 is 2.69 bits per heavy atom. The lowest BCUT2D eigenvalue weighted by molar-refractivity contribution is -0.150. The summed E-state index contributed by atoms with van der Waals surface area (Å²) in [6.45, 7) is 1.59. The Balaban J connectivity index is 1.97. The van der Waals surface area contributed by atoms with Gasteiger partial charge in [0.2, 0.25) is 0 Å². The molecule has 92 valence electrons. The molecule has 0 aromatic heterocycles. The summed E-state index contributed by atoms with van der Waals surface area (Å²) in [5.41, 5.74) is -0.655. The van der Waals surface area contributed by atoms with Gasteiger partial charge in [-0.05, 0) is 26.3 Å². The molecule has 2 fully saturated rings. The van der Waals surface area contributed by atoms with Crippen LogP contribution >= 0.6 is 0 Å². The smallest absolute Gasteiger partial charge is 0.313 e. The highest BCUT2D eigenvalue weighted by atomic mass is 16.5. The number of hydrogen-bond donors (Lipinski definition) is 1. The first-order chi connectivity index (χ1) is 7.64. The first-order valence-corrected chi connectivity index (χ1v) is 6.15. The highest BCUT2D eigenvalue weighted by Gasteiger charge is 2.44. The number of carbonyl (C=O) groups is 1. The minimum atomic E-state index is -0.699. The Morgan fingerprint density at radius 1 is 1.50 bits per heavy atom. The molecule has 1 N–H and O–H groups in total. The van der Waals surface area contributed by atoms with E-state index in [1.807, 2.05) is 0 Å². The van der Waals surface area contributed by atoms with Gasteiger partial charge in [-0.1, -0.05) is 12.8 Å². The van der Waals surface area contributed by atoms with Crippen molar-refractivity contribution < 1.29 is 14.6 Å². The number of aliphatic carboxylic acids is 1. The Hall–Kier alpha value is -0.610. The predicted molar refractivity (Wildman–Crippen MR) is 60.4 cm³/mol. The highest BCUT2D eigenvalue weighted by molar-refractivity contribution is 5.75. The van der Waals surface area contributed by atoms with Crippen LogP contribution in [0.25, 0.3) is 0 Å². The second kappa shape index (κ2) is 4.72. The van der Waals surface area contributed by atoms with Crippen LogP contribution < -0.4 is 0 Å². The molecule has 1 saturated heterocycles. The van der Waals surface area contributed by atoms with Gasteiger partial charge in [-0.15, -0.1) is 0 Å². The molecule has 4 nitrogen and oxygen atoms in total. The maximum atomic E-state index is 11.4. The van der Waals surface area contributed by atoms with Gasteiger partial charge in [-0.3, -0.25) is 4.79 Å². The summed E-state index contributed by atoms with van der Waals surface area (Å²) in [5.74, 6) is -0.699. The number of hydrogen-bond acceptors (Lipinski definition) is 3. The minimum Gasteiger partial charge on any atom is -0.481 e. The van der Waals surface area contributed by atoms with Gasteiger partial charge in [0.1, 0.15) is 5.41 Å². The molecule has 1 aliphatic heterocycles. The van der Waals surface area contributed by atoms with Crippen LogP contribution in [0.5, 0.6) is 0 Å². The van der Waals surface area contributed by atoms with Crippen LogP contribution in [0.15, 0.2) is 0 Å². The van der Waals surface area contributed by atoms with Gasteiger partial charge in [0.25, 0.3) is 0 Å². The summed E-state index contributed by atoms with van der Waals surface area (Å²) in [7, 11) is 2.05. The van der Waals surface area contributed by atoms with Gasteiger partial charge in [0.05, 0.1) is 6.61 Å². The molecule has 2 aliphatic rings. The van der Waals surface area contributed by atoms with Gasteiger partial charge < -0.3 is 14.7 Å². The summed E-state index contributed by atoms with van der Waals surface area (Å²) in [6, 6.07) is 0.580. The van der Waals surface area contributed by atoms with Crippen molar-refractivity contribution in [2.24, 2.45) is 5.41 Å². The average Bonchev–Trinajstić information content (AvgIpc) is 2.88. The standard InChI is InChI=1S/C12H21NO3/c1-13(10-4-2-3-5-10)8-12(11(14)15)6-7-16-9-12/h10H,2-9H2,1H3,(H,14,15). The zero-order valence-electron chi connectivity index (χ0n) is 9.95. The van der Waals surface area contributed by atoms with Crippen molar-refractivity contribution in [3.8, 4) is 0 Å². The van der Waals surface area contributed by atoms with Crippen molar-refractivity contribution in [3.05, 3.63) is 0 Å². The fraction of sp³-hybridized carbons (Fsp3) is 0.917. The number of rotatable bonds is 4. The zero-order valence-corrected chi connectivity index (χ0v) is 9.95.